The van der Waals surface area contributed by atoms with Gasteiger partial charge in [0.1, 0.15) is 0 Å². The van der Waals surface area contributed by atoms with Crippen LogP contribution in [0.3, 0.4) is 0 Å². The van der Waals surface area contributed by atoms with Crippen molar-refractivity contribution in [3.05, 3.63) is 41.7 Å². The maximum atomic E-state index is 11.9. The lowest BCUT2D eigenvalue weighted by atomic mass is 9.91. The molecule has 0 saturated carbocycles. The Morgan fingerprint density at radius 2 is 1.88 bits per heavy atom. The third-order valence-electron chi connectivity index (χ3n) is 2.40. The molecule has 4 heteroatoms. The monoisotopic (exact) mass is 215 g/mol. The minimum absolute atomic E-state index is 0.0116. The molecule has 0 unspecified atom stereocenters. The molecule has 80 valence electrons. The second-order valence-corrected chi connectivity index (χ2v) is 3.47. The smallest absolute Gasteiger partial charge is 0.232 e. The molecule has 0 aliphatic heterocycles. The highest BCUT2D eigenvalue weighted by Gasteiger charge is 2.27. The molecule has 1 aliphatic rings. The summed E-state index contributed by atoms with van der Waals surface area (Å²) in [6, 6.07) is 3.05. The zero-order chi connectivity index (χ0) is 11.5. The number of rotatable bonds is 2. The first kappa shape index (κ1) is 10.4. The van der Waals surface area contributed by atoms with Crippen LogP contribution in [0.15, 0.2) is 36.2 Å². The van der Waals surface area contributed by atoms with Crippen LogP contribution < -0.4 is 0 Å². The predicted molar refractivity (Wildman–Crippen MR) is 55.9 cm³/mol. The van der Waals surface area contributed by atoms with E-state index in [9.17, 15) is 14.4 Å². The van der Waals surface area contributed by atoms with Crippen LogP contribution in [0.2, 0.25) is 0 Å². The minimum atomic E-state index is -0.673. The highest BCUT2D eigenvalue weighted by atomic mass is 16.2. The molecule has 0 amide bonds. The zero-order valence-corrected chi connectivity index (χ0v) is 8.47. The zero-order valence-electron chi connectivity index (χ0n) is 8.47. The van der Waals surface area contributed by atoms with Crippen molar-refractivity contribution < 1.29 is 14.4 Å². The summed E-state index contributed by atoms with van der Waals surface area (Å²) in [5.41, 5.74) is 0.367. The normalized spacial score (nSPS) is 15.9. The van der Waals surface area contributed by atoms with Gasteiger partial charge in [-0.15, -0.1) is 0 Å². The van der Waals surface area contributed by atoms with Gasteiger partial charge in [-0.25, -0.2) is 0 Å². The van der Waals surface area contributed by atoms with E-state index >= 15 is 0 Å². The van der Waals surface area contributed by atoms with E-state index in [1.165, 1.54) is 30.6 Å². The predicted octanol–water partition coefficient (Wildman–Crippen LogP) is 1.12. The third kappa shape index (κ3) is 1.82. The van der Waals surface area contributed by atoms with Crippen LogP contribution in [0, 0.1) is 0 Å². The largest absolute Gasteiger partial charge is 0.290 e. The molecule has 1 aromatic heterocycles. The Morgan fingerprint density at radius 3 is 2.56 bits per heavy atom. The van der Waals surface area contributed by atoms with Crippen LogP contribution in [0.5, 0.6) is 0 Å². The molecule has 0 radical (unpaired) electrons. The van der Waals surface area contributed by atoms with E-state index in [4.69, 9.17) is 0 Å². The van der Waals surface area contributed by atoms with Gasteiger partial charge in [0.2, 0.25) is 11.6 Å². The van der Waals surface area contributed by atoms with Crippen molar-refractivity contribution in [3.8, 4) is 0 Å². The number of pyridine rings is 1. The molecule has 1 aliphatic carbocycles. The Morgan fingerprint density at radius 1 is 1.19 bits per heavy atom. The molecule has 0 saturated heterocycles. The van der Waals surface area contributed by atoms with E-state index in [0.29, 0.717) is 12.0 Å². The van der Waals surface area contributed by atoms with Gasteiger partial charge in [-0.1, -0.05) is 6.08 Å². The minimum Gasteiger partial charge on any atom is -0.290 e. The molecule has 0 fully saturated rings. The number of nitrogens with zero attached hydrogens (tertiary/aromatic N) is 1. The van der Waals surface area contributed by atoms with Crippen molar-refractivity contribution in [2.24, 2.45) is 0 Å². The van der Waals surface area contributed by atoms with E-state index in [1.54, 1.807) is 0 Å². The Labute approximate surface area is 92.0 Å². The molecule has 1 heterocycles. The molecule has 4 nitrogen and oxygen atoms in total. The molecule has 0 atom stereocenters. The van der Waals surface area contributed by atoms with Gasteiger partial charge in [0.15, 0.2) is 5.78 Å². The molecule has 0 aromatic carbocycles. The van der Waals surface area contributed by atoms with Gasteiger partial charge in [0.05, 0.1) is 5.57 Å². The molecule has 1 aromatic rings. The summed E-state index contributed by atoms with van der Waals surface area (Å²) in [5.74, 6) is -1.56. The number of allylic oxidation sites excluding steroid dienone is 2. The molecule has 0 spiro atoms. The lowest BCUT2D eigenvalue weighted by Gasteiger charge is -2.09. The third-order valence-corrected chi connectivity index (χ3v) is 2.40. The summed E-state index contributed by atoms with van der Waals surface area (Å²) >= 11 is 0. The van der Waals surface area contributed by atoms with Crippen molar-refractivity contribution >= 4 is 17.3 Å². The highest BCUT2D eigenvalue weighted by Crippen LogP contribution is 2.16. The SMILES string of the molecule is O=C1CCC=C(C(=O)c2ccncc2)C1=O. The second-order valence-electron chi connectivity index (χ2n) is 3.47. The van der Waals surface area contributed by atoms with Gasteiger partial charge in [0, 0.05) is 24.4 Å². The number of aromatic nitrogens is 1. The fourth-order valence-corrected chi connectivity index (χ4v) is 1.56. The Bertz CT molecular complexity index is 488. The van der Waals surface area contributed by atoms with Gasteiger partial charge >= 0.3 is 0 Å². The van der Waals surface area contributed by atoms with E-state index in [2.05, 4.69) is 4.98 Å². The quantitative estimate of drug-likeness (QED) is 0.421. The first-order valence-corrected chi connectivity index (χ1v) is 4.92. The highest BCUT2D eigenvalue weighted by molar-refractivity contribution is 6.51. The van der Waals surface area contributed by atoms with Crippen LogP contribution in [-0.4, -0.2) is 22.3 Å². The summed E-state index contributed by atoms with van der Waals surface area (Å²) in [6.07, 6.45) is 5.14. The van der Waals surface area contributed by atoms with Crippen LogP contribution in [0.25, 0.3) is 0 Å². The van der Waals surface area contributed by atoms with Crippen molar-refractivity contribution in [1.29, 1.82) is 0 Å². The van der Waals surface area contributed by atoms with E-state index in [-0.39, 0.29) is 12.0 Å². The number of carbonyl (C=O) groups is 3. The van der Waals surface area contributed by atoms with Crippen molar-refractivity contribution in [2.75, 3.05) is 0 Å². The van der Waals surface area contributed by atoms with Gasteiger partial charge in [0.25, 0.3) is 0 Å². The fraction of sp³-hybridized carbons (Fsp3) is 0.167. The average Bonchev–Trinajstić information content (AvgIpc) is 2.33. The Kier molecular flexibility index (Phi) is 2.72. The van der Waals surface area contributed by atoms with Crippen LogP contribution in [0.4, 0.5) is 0 Å². The second kappa shape index (κ2) is 4.18. The summed E-state index contributed by atoms with van der Waals surface area (Å²) in [5, 5.41) is 0. The van der Waals surface area contributed by atoms with Crippen molar-refractivity contribution in [3.63, 3.8) is 0 Å². The number of carbonyl (C=O) groups excluding carboxylic acids is 3. The summed E-state index contributed by atoms with van der Waals surface area (Å²) in [7, 11) is 0. The summed E-state index contributed by atoms with van der Waals surface area (Å²) < 4.78 is 0. The molecule has 0 bridgehead atoms. The number of hydrogen-bond donors (Lipinski definition) is 0. The average molecular weight is 215 g/mol. The van der Waals surface area contributed by atoms with Crippen LogP contribution >= 0.6 is 0 Å². The lowest BCUT2D eigenvalue weighted by molar-refractivity contribution is -0.134. The van der Waals surface area contributed by atoms with Crippen molar-refractivity contribution in [1.82, 2.24) is 4.98 Å². The Balaban J connectivity index is 2.33. The fourth-order valence-electron chi connectivity index (χ4n) is 1.56. The standard InChI is InChI=1S/C12H9NO3/c14-10-3-1-2-9(12(10)16)11(15)8-4-6-13-7-5-8/h2,4-7H,1,3H2. The number of Topliss-reactive ketones (excluding diaryl/α,β-unsaturated/α-hetero) is 3. The number of hydrogen-bond acceptors (Lipinski definition) is 4. The van der Waals surface area contributed by atoms with Gasteiger partial charge in [-0.2, -0.15) is 0 Å². The Hall–Kier alpha value is -2.10. The van der Waals surface area contributed by atoms with Gasteiger partial charge < -0.3 is 0 Å². The summed E-state index contributed by atoms with van der Waals surface area (Å²) in [4.78, 5) is 38.3. The van der Waals surface area contributed by atoms with Gasteiger partial charge in [-0.05, 0) is 18.6 Å². The molecular formula is C12H9NO3. The van der Waals surface area contributed by atoms with Crippen LogP contribution in [-0.2, 0) is 9.59 Å². The lowest BCUT2D eigenvalue weighted by Crippen LogP contribution is -2.24. The molecular weight excluding hydrogens is 206 g/mol. The first-order valence-electron chi connectivity index (χ1n) is 4.92. The first-order chi connectivity index (χ1) is 7.70. The number of ketones is 3. The molecule has 0 N–H and O–H groups in total. The maximum absolute atomic E-state index is 11.9. The van der Waals surface area contributed by atoms with E-state index in [0.717, 1.165) is 0 Å². The summed E-state index contributed by atoms with van der Waals surface area (Å²) in [6.45, 7) is 0. The maximum Gasteiger partial charge on any atom is 0.232 e. The van der Waals surface area contributed by atoms with E-state index in [1.807, 2.05) is 0 Å². The van der Waals surface area contributed by atoms with E-state index < -0.39 is 17.3 Å². The molecule has 16 heavy (non-hydrogen) atoms. The van der Waals surface area contributed by atoms with Crippen molar-refractivity contribution in [2.45, 2.75) is 12.8 Å². The topological polar surface area (TPSA) is 64.1 Å². The van der Waals surface area contributed by atoms with Crippen LogP contribution in [0.1, 0.15) is 23.2 Å². The molecule has 2 rings (SSSR count). The van der Waals surface area contributed by atoms with Gasteiger partial charge in [-0.3, -0.25) is 19.4 Å².